The molecule has 0 rings (SSSR count). The van der Waals surface area contributed by atoms with Gasteiger partial charge in [0.05, 0.1) is 6.61 Å². The molecule has 2 atom stereocenters. The fourth-order valence-electron chi connectivity index (χ4n) is 5.42. The third-order valence-electron chi connectivity index (χ3n) is 7.95. The average molecular weight is 673 g/mol. The Kier molecular flexibility index (Phi) is 25.3. The lowest BCUT2D eigenvalue weighted by Crippen LogP contribution is -2.58. The van der Waals surface area contributed by atoms with Crippen molar-refractivity contribution in [1.82, 2.24) is 0 Å². The largest absolute Gasteiger partial charge is 0.482 e. The predicted molar refractivity (Wildman–Crippen MR) is 172 cm³/mol. The first kappa shape index (κ1) is 43.5. The van der Waals surface area contributed by atoms with E-state index in [1.807, 2.05) is 0 Å². The van der Waals surface area contributed by atoms with Crippen molar-refractivity contribution in [1.29, 1.82) is 0 Å². The van der Waals surface area contributed by atoms with E-state index in [0.29, 0.717) is 25.7 Å². The van der Waals surface area contributed by atoms with E-state index in [-0.39, 0.29) is 12.8 Å². The van der Waals surface area contributed by atoms with Gasteiger partial charge in [-0.25, -0.2) is 9.13 Å². The number of carbonyl (C=O) groups is 2. The van der Waals surface area contributed by atoms with Gasteiger partial charge in [0.25, 0.3) is 0 Å². The van der Waals surface area contributed by atoms with Crippen molar-refractivity contribution in [3.8, 4) is 0 Å². The molecule has 0 aliphatic rings. The minimum atomic E-state index is -5.72. The molecule has 0 amide bonds. The Morgan fingerprint density at radius 2 is 0.886 bits per heavy atom. The number of ketones is 2. The van der Waals surface area contributed by atoms with Gasteiger partial charge in [0.1, 0.15) is 6.10 Å². The molecule has 0 heterocycles. The second kappa shape index (κ2) is 25.6. The fraction of sp³-hybridized carbons (Fsp3) is 0.935. The molecule has 0 bridgehead atoms. The van der Waals surface area contributed by atoms with Crippen LogP contribution in [0.15, 0.2) is 0 Å². The van der Waals surface area contributed by atoms with Gasteiger partial charge >= 0.3 is 15.6 Å². The molecular weight excluding hydrogens is 610 g/mol. The molecule has 0 aliphatic heterocycles. The number of phosphoric ester groups is 1. The van der Waals surface area contributed by atoms with Crippen LogP contribution < -0.4 is 0 Å². The van der Waals surface area contributed by atoms with Crippen LogP contribution in [0.2, 0.25) is 0 Å². The third-order valence-corrected chi connectivity index (χ3v) is 10.1. The van der Waals surface area contributed by atoms with Crippen LogP contribution in [0.3, 0.4) is 0 Å². The number of hydrogen-bond donors (Lipinski definition) is 5. The summed E-state index contributed by atoms with van der Waals surface area (Å²) in [5.41, 5.74) is -2.99. The van der Waals surface area contributed by atoms with E-state index in [2.05, 4.69) is 18.2 Å². The Balaban J connectivity index is 5.15. The summed E-state index contributed by atoms with van der Waals surface area (Å²) >= 11 is 0. The Labute approximate surface area is 265 Å². The molecule has 11 nitrogen and oxygen atoms in total. The average Bonchev–Trinajstić information content (AvgIpc) is 2.95. The van der Waals surface area contributed by atoms with Gasteiger partial charge < -0.3 is 24.9 Å². The van der Waals surface area contributed by atoms with E-state index in [9.17, 15) is 33.8 Å². The minimum absolute atomic E-state index is 0.298. The second-order valence-electron chi connectivity index (χ2n) is 12.0. The van der Waals surface area contributed by atoms with Crippen molar-refractivity contribution < 1.29 is 52.4 Å². The highest BCUT2D eigenvalue weighted by molar-refractivity contribution is 7.60. The van der Waals surface area contributed by atoms with Crippen LogP contribution in [0.25, 0.3) is 0 Å². The maximum absolute atomic E-state index is 13.4. The van der Waals surface area contributed by atoms with E-state index in [1.54, 1.807) is 0 Å². The van der Waals surface area contributed by atoms with Crippen molar-refractivity contribution in [2.24, 2.45) is 0 Å². The highest BCUT2D eigenvalue weighted by atomic mass is 31.3. The van der Waals surface area contributed by atoms with Crippen molar-refractivity contribution >= 4 is 27.2 Å². The van der Waals surface area contributed by atoms with Crippen LogP contribution >= 0.6 is 15.6 Å². The lowest BCUT2D eigenvalue weighted by molar-refractivity contribution is -0.164. The zero-order chi connectivity index (χ0) is 33.3. The lowest BCUT2D eigenvalue weighted by atomic mass is 9.82. The molecule has 0 saturated heterocycles. The molecule has 13 heteroatoms. The number of phosphoric acid groups is 2. The summed E-state index contributed by atoms with van der Waals surface area (Å²) in [6.07, 6.45) is 19.4. The predicted octanol–water partition coefficient (Wildman–Crippen LogP) is 7.85. The van der Waals surface area contributed by atoms with E-state index >= 15 is 0 Å². The first-order valence-corrected chi connectivity index (χ1v) is 20.0. The van der Waals surface area contributed by atoms with Gasteiger partial charge in [0, 0.05) is 12.8 Å². The number of carbonyl (C=O) groups excluding carboxylic acids is 2. The smallest absolute Gasteiger partial charge is 0.394 e. The van der Waals surface area contributed by atoms with Gasteiger partial charge in [-0.2, -0.15) is 4.31 Å². The number of unbranched alkanes of at least 4 members (excludes halogenated alkanes) is 20. The molecule has 0 aromatic carbocycles. The topological polar surface area (TPSA) is 188 Å². The molecular formula is C31H62O11P2. The Morgan fingerprint density at radius 1 is 0.591 bits per heavy atom. The Morgan fingerprint density at radius 3 is 1.16 bits per heavy atom. The van der Waals surface area contributed by atoms with Crippen molar-refractivity contribution in [3.63, 3.8) is 0 Å². The van der Waals surface area contributed by atoms with Crippen LogP contribution in [0.4, 0.5) is 0 Å². The quantitative estimate of drug-likeness (QED) is 0.0266. The van der Waals surface area contributed by atoms with E-state index in [0.717, 1.165) is 51.4 Å². The summed E-state index contributed by atoms with van der Waals surface area (Å²) in [6.45, 7) is 3.20. The summed E-state index contributed by atoms with van der Waals surface area (Å²) in [7, 11) is -11.3. The van der Waals surface area contributed by atoms with E-state index in [4.69, 9.17) is 14.3 Å². The van der Waals surface area contributed by atoms with Gasteiger partial charge in [0.15, 0.2) is 11.6 Å². The second-order valence-corrected chi connectivity index (χ2v) is 14.7. The van der Waals surface area contributed by atoms with Gasteiger partial charge in [-0.1, -0.05) is 142 Å². The molecule has 2 unspecified atom stereocenters. The first-order valence-electron chi connectivity index (χ1n) is 17.0. The summed E-state index contributed by atoms with van der Waals surface area (Å²) in [5, 5.41) is 20.3. The Hall–Kier alpha value is -0.480. The summed E-state index contributed by atoms with van der Waals surface area (Å²) in [5.74, 6) is -2.07. The zero-order valence-electron chi connectivity index (χ0n) is 27.3. The minimum Gasteiger partial charge on any atom is -0.394 e. The standard InChI is InChI=1S/C31H62O11P2/c1-3-5-7-9-11-13-15-17-19-21-23-25-28(33)31(30(35)27-32,41-44(39,40)42-43(36,37)38)29(34)26-24-22-20-18-16-14-12-10-8-6-4-2/h30,32,35H,3-27H2,1-2H3,(H,39,40)(H2,36,37,38). The highest BCUT2D eigenvalue weighted by Gasteiger charge is 2.56. The summed E-state index contributed by atoms with van der Waals surface area (Å²) in [4.78, 5) is 55.0. The number of aliphatic hydroxyl groups excluding tert-OH is 2. The maximum atomic E-state index is 13.4. The molecule has 262 valence electrons. The van der Waals surface area contributed by atoms with Crippen LogP contribution in [0, 0.1) is 0 Å². The van der Waals surface area contributed by atoms with Crippen molar-refractivity contribution in [3.05, 3.63) is 0 Å². The molecule has 44 heavy (non-hydrogen) atoms. The van der Waals surface area contributed by atoms with E-state index in [1.165, 1.54) is 64.2 Å². The fourth-order valence-corrected chi connectivity index (χ4v) is 7.32. The molecule has 0 saturated carbocycles. The molecule has 0 radical (unpaired) electrons. The zero-order valence-corrected chi connectivity index (χ0v) is 29.1. The maximum Gasteiger partial charge on any atom is 0.482 e. The normalized spacial score (nSPS) is 14.4. The number of rotatable bonds is 32. The SMILES string of the molecule is CCCCCCCCCCCCCC(=O)C(OP(=O)(O)OP(=O)(O)O)(C(=O)CCCCCCCCCCCCC)C(O)CO. The van der Waals surface area contributed by atoms with Crippen LogP contribution in [-0.4, -0.2) is 54.8 Å². The molecule has 0 aromatic rings. The number of Topliss-reactive ketones (excluding diaryl/α,β-unsaturated/α-hetero) is 2. The molecule has 0 aromatic heterocycles. The van der Waals surface area contributed by atoms with Crippen LogP contribution in [-0.2, 0) is 27.6 Å². The highest BCUT2D eigenvalue weighted by Crippen LogP contribution is 2.60. The summed E-state index contributed by atoms with van der Waals surface area (Å²) in [6, 6.07) is 0. The lowest BCUT2D eigenvalue weighted by Gasteiger charge is -2.35. The monoisotopic (exact) mass is 672 g/mol. The van der Waals surface area contributed by atoms with Gasteiger partial charge in [-0.15, -0.1) is 0 Å². The van der Waals surface area contributed by atoms with Crippen LogP contribution in [0.5, 0.6) is 0 Å². The third kappa shape index (κ3) is 20.6. The van der Waals surface area contributed by atoms with Gasteiger partial charge in [-0.3, -0.25) is 14.1 Å². The molecule has 0 fully saturated rings. The van der Waals surface area contributed by atoms with E-state index < -0.39 is 45.5 Å². The van der Waals surface area contributed by atoms with Crippen molar-refractivity contribution in [2.75, 3.05) is 6.61 Å². The van der Waals surface area contributed by atoms with Crippen molar-refractivity contribution in [2.45, 2.75) is 180 Å². The van der Waals surface area contributed by atoms with Crippen LogP contribution in [0.1, 0.15) is 168 Å². The molecule has 0 spiro atoms. The number of hydrogen-bond acceptors (Lipinski definition) is 8. The first-order chi connectivity index (χ1) is 20.9. The number of aliphatic hydroxyl groups is 2. The Bertz CT molecular complexity index is 808. The van der Waals surface area contributed by atoms with Gasteiger partial charge in [-0.05, 0) is 12.8 Å². The molecule has 5 N–H and O–H groups in total. The molecule has 0 aliphatic carbocycles. The van der Waals surface area contributed by atoms with Gasteiger partial charge in [0.2, 0.25) is 5.60 Å². The summed E-state index contributed by atoms with van der Waals surface area (Å²) < 4.78 is 32.5.